The molecule has 2 nitrogen and oxygen atoms in total. The first kappa shape index (κ1) is 9.29. The van der Waals surface area contributed by atoms with Crippen LogP contribution in [0.25, 0.3) is 0 Å². The van der Waals surface area contributed by atoms with Crippen LogP contribution in [0.1, 0.15) is 0 Å². The van der Waals surface area contributed by atoms with Crippen LogP contribution in [0.4, 0.5) is 13.2 Å². The minimum Gasteiger partial charge on any atom is -0.369 e. The zero-order valence-electron chi connectivity index (χ0n) is 4.54. The minimum atomic E-state index is -4.99. The Labute approximate surface area is 59.2 Å². The van der Waals surface area contributed by atoms with Crippen molar-refractivity contribution >= 4 is 17.6 Å². The summed E-state index contributed by atoms with van der Waals surface area (Å²) in [5, 5.41) is -0.808. The summed E-state index contributed by atoms with van der Waals surface area (Å²) < 4.78 is 36.2. The van der Waals surface area contributed by atoms with E-state index < -0.39 is 17.4 Å². The van der Waals surface area contributed by atoms with Crippen molar-refractivity contribution in [3.8, 4) is 0 Å². The molecule has 0 aliphatic carbocycles. The minimum absolute atomic E-state index is 0.808. The second-order valence-electron chi connectivity index (χ2n) is 1.24. The largest absolute Gasteiger partial charge is 0.575 e. The molecule has 0 atom stereocenters. The Hall–Kier alpha value is -0.710. The van der Waals surface area contributed by atoms with Crippen LogP contribution in [0.3, 0.4) is 0 Å². The van der Waals surface area contributed by atoms with Gasteiger partial charge in [-0.2, -0.15) is 0 Å². The molecule has 0 fully saturated rings. The predicted octanol–water partition coefficient (Wildman–Crippen LogP) is 1.80. The Kier molecular flexibility index (Phi) is 2.71. The highest BCUT2D eigenvalue weighted by atomic mass is 35.5. The maximum atomic E-state index is 11.1. The molecule has 0 aliphatic rings. The third kappa shape index (κ3) is 4.20. The molecule has 0 radical (unpaired) electrons. The van der Waals surface area contributed by atoms with Crippen LogP contribution in [0.15, 0.2) is 11.6 Å². The van der Waals surface area contributed by atoms with Crippen LogP contribution >= 0.6 is 11.6 Å². The smallest absolute Gasteiger partial charge is 0.369 e. The second-order valence-corrected chi connectivity index (χ2v) is 1.70. The number of esters is 1. The van der Waals surface area contributed by atoms with Crippen molar-refractivity contribution < 1.29 is 22.7 Å². The summed E-state index contributed by atoms with van der Waals surface area (Å²) in [6.07, 6.45) is -4.99. The summed E-state index contributed by atoms with van der Waals surface area (Å²) >= 11 is 4.77. The van der Waals surface area contributed by atoms with Gasteiger partial charge in [-0.1, -0.05) is 18.2 Å². The molecule has 0 spiro atoms. The van der Waals surface area contributed by atoms with Crippen molar-refractivity contribution in [1.82, 2.24) is 0 Å². The van der Waals surface area contributed by atoms with Crippen molar-refractivity contribution in [2.24, 2.45) is 0 Å². The first-order chi connectivity index (χ1) is 4.33. The van der Waals surface area contributed by atoms with Crippen LogP contribution in [0, 0.1) is 0 Å². The maximum absolute atomic E-state index is 11.1. The molecule has 0 N–H and O–H groups in total. The van der Waals surface area contributed by atoms with Gasteiger partial charge >= 0.3 is 12.3 Å². The highest BCUT2D eigenvalue weighted by molar-refractivity contribution is 6.40. The van der Waals surface area contributed by atoms with E-state index in [4.69, 9.17) is 11.6 Å². The lowest BCUT2D eigenvalue weighted by molar-refractivity contribution is -0.303. The molecule has 0 aliphatic heterocycles. The maximum Gasteiger partial charge on any atom is 0.575 e. The molecule has 0 rings (SSSR count). The third-order valence-corrected chi connectivity index (χ3v) is 0.584. The van der Waals surface area contributed by atoms with Crippen molar-refractivity contribution in [2.45, 2.75) is 6.36 Å². The van der Waals surface area contributed by atoms with Gasteiger partial charge in [0.2, 0.25) is 0 Å². The monoisotopic (exact) mass is 174 g/mol. The standard InChI is InChI=1S/C4H2ClF3O2/c1-2(5)3(9)10-4(6,7)8/h1H2. The zero-order chi connectivity index (χ0) is 8.36. The van der Waals surface area contributed by atoms with Gasteiger partial charge in [-0.3, -0.25) is 0 Å². The van der Waals surface area contributed by atoms with Gasteiger partial charge in [0.1, 0.15) is 5.03 Å². The van der Waals surface area contributed by atoms with Crippen LogP contribution < -0.4 is 0 Å². The van der Waals surface area contributed by atoms with Gasteiger partial charge in [-0.15, -0.1) is 13.2 Å². The summed E-state index contributed by atoms with van der Waals surface area (Å²) in [4.78, 5) is 9.98. The van der Waals surface area contributed by atoms with Crippen LogP contribution in [0.2, 0.25) is 0 Å². The Morgan fingerprint density at radius 2 is 1.90 bits per heavy atom. The number of carbonyl (C=O) groups excluding carboxylic acids is 1. The molecule has 10 heavy (non-hydrogen) atoms. The first-order valence-electron chi connectivity index (χ1n) is 1.97. The average Bonchev–Trinajstić information content (AvgIpc) is 1.60. The predicted molar refractivity (Wildman–Crippen MR) is 27.1 cm³/mol. The molecule has 0 bridgehead atoms. The van der Waals surface area contributed by atoms with Crippen LogP contribution in [-0.4, -0.2) is 12.3 Å². The number of halogens is 4. The topological polar surface area (TPSA) is 26.3 Å². The quantitative estimate of drug-likeness (QED) is 0.448. The molecule has 0 aromatic carbocycles. The number of hydrogen-bond acceptors (Lipinski definition) is 2. The van der Waals surface area contributed by atoms with E-state index in [0.717, 1.165) is 0 Å². The molecular formula is C4H2ClF3O2. The van der Waals surface area contributed by atoms with E-state index in [9.17, 15) is 18.0 Å². The van der Waals surface area contributed by atoms with Gasteiger partial charge in [-0.25, -0.2) is 4.79 Å². The Bertz CT molecular complexity index is 162. The summed E-state index contributed by atoms with van der Waals surface area (Å²) in [5.74, 6) is -1.69. The highest BCUT2D eigenvalue weighted by Crippen LogP contribution is 2.18. The normalized spacial score (nSPS) is 10.8. The van der Waals surface area contributed by atoms with Gasteiger partial charge in [-0.05, 0) is 0 Å². The van der Waals surface area contributed by atoms with E-state index in [2.05, 4.69) is 11.3 Å². The molecule has 0 unspecified atom stereocenters. The number of carbonyl (C=O) groups is 1. The molecule has 0 aromatic heterocycles. The van der Waals surface area contributed by atoms with Crippen LogP contribution in [0.5, 0.6) is 0 Å². The van der Waals surface area contributed by atoms with Gasteiger partial charge in [0.25, 0.3) is 0 Å². The fourth-order valence-electron chi connectivity index (χ4n) is 0.160. The zero-order valence-corrected chi connectivity index (χ0v) is 5.29. The summed E-state index contributed by atoms with van der Waals surface area (Å²) in [6, 6.07) is 0. The Morgan fingerprint density at radius 1 is 1.50 bits per heavy atom. The third-order valence-electron chi connectivity index (χ3n) is 0.430. The van der Waals surface area contributed by atoms with Gasteiger partial charge in [0, 0.05) is 0 Å². The molecule has 0 saturated heterocycles. The van der Waals surface area contributed by atoms with Crippen LogP contribution in [-0.2, 0) is 9.53 Å². The number of rotatable bonds is 1. The second kappa shape index (κ2) is 2.92. The number of hydrogen-bond donors (Lipinski definition) is 0. The summed E-state index contributed by atoms with van der Waals surface area (Å²) in [6.45, 7) is 2.73. The number of alkyl halides is 3. The van der Waals surface area contributed by atoms with Crippen molar-refractivity contribution in [2.75, 3.05) is 0 Å². The summed E-state index contributed by atoms with van der Waals surface area (Å²) in [5.41, 5.74) is 0. The van der Waals surface area contributed by atoms with E-state index in [1.54, 1.807) is 0 Å². The lowest BCUT2D eigenvalue weighted by atomic mass is 10.6. The van der Waals surface area contributed by atoms with E-state index in [0.29, 0.717) is 0 Å². The van der Waals surface area contributed by atoms with Crippen molar-refractivity contribution in [3.63, 3.8) is 0 Å². The fourth-order valence-corrected chi connectivity index (χ4v) is 0.199. The molecule has 0 saturated carbocycles. The van der Waals surface area contributed by atoms with Gasteiger partial charge in [0.15, 0.2) is 0 Å². The van der Waals surface area contributed by atoms with E-state index in [1.807, 2.05) is 0 Å². The van der Waals surface area contributed by atoms with E-state index in [-0.39, 0.29) is 0 Å². The lowest BCUT2D eigenvalue weighted by Gasteiger charge is -2.04. The molecule has 6 heteroatoms. The fraction of sp³-hybridized carbons (Fsp3) is 0.250. The Balaban J connectivity index is 3.93. The molecule has 0 heterocycles. The lowest BCUT2D eigenvalue weighted by Crippen LogP contribution is -2.18. The summed E-state index contributed by atoms with van der Waals surface area (Å²) in [7, 11) is 0. The van der Waals surface area contributed by atoms with Crippen molar-refractivity contribution in [3.05, 3.63) is 11.6 Å². The van der Waals surface area contributed by atoms with Gasteiger partial charge < -0.3 is 4.74 Å². The van der Waals surface area contributed by atoms with E-state index >= 15 is 0 Å². The Morgan fingerprint density at radius 3 is 2.00 bits per heavy atom. The highest BCUT2D eigenvalue weighted by Gasteiger charge is 2.34. The van der Waals surface area contributed by atoms with E-state index in [1.165, 1.54) is 0 Å². The molecular weight excluding hydrogens is 172 g/mol. The molecule has 58 valence electrons. The average molecular weight is 175 g/mol. The van der Waals surface area contributed by atoms with Gasteiger partial charge in [0.05, 0.1) is 0 Å². The molecule has 0 amide bonds. The first-order valence-corrected chi connectivity index (χ1v) is 2.35. The number of ether oxygens (including phenoxy) is 1. The molecule has 0 aromatic rings. The van der Waals surface area contributed by atoms with Crippen molar-refractivity contribution in [1.29, 1.82) is 0 Å². The SMILES string of the molecule is C=C(Cl)C(=O)OC(F)(F)F.